The number of carbonyl (C=O) groups is 1. The molecule has 35 heavy (non-hydrogen) atoms. The lowest BCUT2D eigenvalue weighted by molar-refractivity contribution is -0.139. The van der Waals surface area contributed by atoms with Crippen molar-refractivity contribution < 1.29 is 23.9 Å². The van der Waals surface area contributed by atoms with Crippen molar-refractivity contribution in [3.63, 3.8) is 0 Å². The number of aliphatic carboxylic acids is 1. The molecule has 2 unspecified atom stereocenters. The van der Waals surface area contributed by atoms with Gasteiger partial charge in [0.1, 0.15) is 11.6 Å². The van der Waals surface area contributed by atoms with E-state index >= 15 is 0 Å². The van der Waals surface area contributed by atoms with Gasteiger partial charge >= 0.3 is 5.97 Å². The fourth-order valence-corrected chi connectivity index (χ4v) is 5.35. The molecule has 0 radical (unpaired) electrons. The zero-order valence-corrected chi connectivity index (χ0v) is 19.1. The van der Waals surface area contributed by atoms with Gasteiger partial charge in [0.15, 0.2) is 0 Å². The lowest BCUT2D eigenvalue weighted by atomic mass is 9.85. The Hall–Kier alpha value is -3.81. The Morgan fingerprint density at radius 2 is 1.83 bits per heavy atom. The first kappa shape index (κ1) is 23.0. The maximum absolute atomic E-state index is 14.9. The van der Waals surface area contributed by atoms with Crippen LogP contribution in [0, 0.1) is 36.3 Å². The van der Waals surface area contributed by atoms with E-state index in [1.54, 1.807) is 18.3 Å². The van der Waals surface area contributed by atoms with E-state index in [9.17, 15) is 23.9 Å². The molecule has 0 bridgehead atoms. The molecule has 1 aliphatic heterocycles. The van der Waals surface area contributed by atoms with Gasteiger partial charge in [-0.05, 0) is 60.2 Å². The fourth-order valence-electron chi connectivity index (χ4n) is 5.35. The number of aromatic nitrogens is 1. The number of pyridine rings is 1. The van der Waals surface area contributed by atoms with E-state index in [1.807, 2.05) is 31.2 Å². The van der Waals surface area contributed by atoms with Crippen molar-refractivity contribution in [3.8, 4) is 0 Å². The average molecular weight is 478 g/mol. The van der Waals surface area contributed by atoms with E-state index in [0.29, 0.717) is 29.9 Å². The van der Waals surface area contributed by atoms with E-state index in [2.05, 4.69) is 15.0 Å². The summed E-state index contributed by atoms with van der Waals surface area (Å²) in [4.78, 5) is 17.6. The Balaban J connectivity index is 1.43. The molecule has 2 aliphatic rings. The molecule has 1 aromatic heterocycles. The second-order valence-corrected chi connectivity index (χ2v) is 9.34. The van der Waals surface area contributed by atoms with Crippen LogP contribution in [0.25, 0.3) is 0 Å². The third-order valence-corrected chi connectivity index (χ3v) is 7.23. The molecule has 1 aliphatic carbocycles. The number of hydrogen-bond acceptors (Lipinski definition) is 5. The number of rotatable bonds is 7. The fraction of sp³-hybridized carbons (Fsp3) is 0.296. The number of piperidine rings is 1. The highest BCUT2D eigenvalue weighted by Gasteiger charge is 2.59. The molecule has 3 aromatic rings. The summed E-state index contributed by atoms with van der Waals surface area (Å²) >= 11 is 0. The molecule has 1 saturated heterocycles. The summed E-state index contributed by atoms with van der Waals surface area (Å²) < 4.78 is 28.5. The molecule has 2 aromatic carbocycles. The van der Waals surface area contributed by atoms with Crippen LogP contribution in [0.1, 0.15) is 34.7 Å². The first-order chi connectivity index (χ1) is 16.9. The number of aryl methyl sites for hydroxylation is 1. The molecule has 1 saturated carbocycles. The van der Waals surface area contributed by atoms with Gasteiger partial charge in [-0.25, -0.2) is 8.78 Å². The molecule has 8 heteroatoms. The third-order valence-electron chi connectivity index (χ3n) is 7.23. The number of benzene rings is 2. The van der Waals surface area contributed by atoms with Crippen molar-refractivity contribution >= 4 is 17.4 Å². The molecule has 2 fully saturated rings. The van der Waals surface area contributed by atoms with E-state index in [-0.39, 0.29) is 24.2 Å². The van der Waals surface area contributed by atoms with Crippen LogP contribution in [-0.4, -0.2) is 40.1 Å². The number of oxime groups is 1. The van der Waals surface area contributed by atoms with E-state index < -0.39 is 23.5 Å². The van der Waals surface area contributed by atoms with Gasteiger partial charge < -0.3 is 15.2 Å². The highest BCUT2D eigenvalue weighted by Crippen LogP contribution is 2.52. The van der Waals surface area contributed by atoms with Gasteiger partial charge in [-0.3, -0.25) is 9.78 Å². The van der Waals surface area contributed by atoms with Gasteiger partial charge in [-0.2, -0.15) is 0 Å². The maximum Gasteiger partial charge on any atom is 0.307 e. The quantitative estimate of drug-likeness (QED) is 0.289. The predicted octanol–water partition coefficient (Wildman–Crippen LogP) is 4.84. The summed E-state index contributed by atoms with van der Waals surface area (Å²) in [6, 6.07) is 14.7. The number of carboxylic acid groups (broad SMARTS) is 1. The number of fused-ring (bicyclic) bond motifs is 1. The number of hydrogen-bond donors (Lipinski definition) is 2. The molecule has 5 rings (SSSR count). The highest BCUT2D eigenvalue weighted by molar-refractivity contribution is 6.01. The molecule has 2 N–H and O–H groups in total. The van der Waals surface area contributed by atoms with Crippen LogP contribution in [-0.2, 0) is 4.79 Å². The summed E-state index contributed by atoms with van der Waals surface area (Å²) in [5.41, 5.74) is 3.87. The van der Waals surface area contributed by atoms with Crippen LogP contribution in [0.4, 0.5) is 14.5 Å². The largest absolute Gasteiger partial charge is 0.481 e. The lowest BCUT2D eigenvalue weighted by Crippen LogP contribution is -2.25. The first-order valence-corrected chi connectivity index (χ1v) is 11.5. The zero-order chi connectivity index (χ0) is 24.7. The van der Waals surface area contributed by atoms with Crippen LogP contribution in [0.15, 0.2) is 65.9 Å². The van der Waals surface area contributed by atoms with Crippen LogP contribution in [0.2, 0.25) is 0 Å². The van der Waals surface area contributed by atoms with Crippen molar-refractivity contribution in [2.75, 3.05) is 18.0 Å². The van der Waals surface area contributed by atoms with Crippen LogP contribution < -0.4 is 4.90 Å². The zero-order valence-electron chi connectivity index (χ0n) is 19.1. The molecule has 0 amide bonds. The lowest BCUT2D eigenvalue weighted by Gasteiger charge is -2.24. The SMILES string of the molecule is Cc1cc(/C(CC(c2ccc(N3C[C@@H]4C(C(=O)O)[C@@H]4C3)cc2)c2ccc(F)cc2F)=N/O)ccn1. The van der Waals surface area contributed by atoms with Crippen molar-refractivity contribution in [3.05, 3.63) is 94.8 Å². The van der Waals surface area contributed by atoms with Gasteiger partial charge in [0, 0.05) is 54.6 Å². The molecule has 6 nitrogen and oxygen atoms in total. The number of nitrogens with zero attached hydrogens (tertiary/aromatic N) is 3. The second-order valence-electron chi connectivity index (χ2n) is 9.34. The van der Waals surface area contributed by atoms with Crippen molar-refractivity contribution in [2.24, 2.45) is 22.9 Å². The molecular weight excluding hydrogens is 452 g/mol. The smallest absolute Gasteiger partial charge is 0.307 e. The molecule has 0 spiro atoms. The van der Waals surface area contributed by atoms with Gasteiger partial charge in [0.05, 0.1) is 11.6 Å². The van der Waals surface area contributed by atoms with Gasteiger partial charge in [0.25, 0.3) is 0 Å². The topological polar surface area (TPSA) is 86.0 Å². The minimum absolute atomic E-state index is 0.190. The number of anilines is 1. The van der Waals surface area contributed by atoms with Crippen molar-refractivity contribution in [2.45, 2.75) is 19.3 Å². The molecule has 180 valence electrons. The number of carboxylic acids is 1. The van der Waals surface area contributed by atoms with E-state index in [4.69, 9.17) is 0 Å². The molecule has 2 heterocycles. The Labute approximate surface area is 201 Å². The second kappa shape index (κ2) is 9.09. The van der Waals surface area contributed by atoms with Gasteiger partial charge in [0.2, 0.25) is 0 Å². The normalized spacial score (nSPS) is 22.1. The average Bonchev–Trinajstić information content (AvgIpc) is 3.35. The van der Waals surface area contributed by atoms with Crippen molar-refractivity contribution in [1.29, 1.82) is 0 Å². The van der Waals surface area contributed by atoms with Crippen LogP contribution in [0.3, 0.4) is 0 Å². The maximum atomic E-state index is 14.9. The Morgan fingerprint density at radius 3 is 2.43 bits per heavy atom. The van der Waals surface area contributed by atoms with E-state index in [1.165, 1.54) is 12.1 Å². The summed E-state index contributed by atoms with van der Waals surface area (Å²) in [6.07, 6.45) is 1.81. The standard InChI is InChI=1S/C27H25F2N3O3/c1-15-10-17(8-9-30-15)25(31-35)12-21(20-7-4-18(28)11-24(20)29)16-2-5-19(6-3-16)32-13-22-23(14-32)26(22)27(33)34/h2-11,21-23,26,35H,12-14H2,1H3,(H,33,34)/b31-25+/t21?,22-,23+,26?. The van der Waals surface area contributed by atoms with E-state index in [0.717, 1.165) is 23.0 Å². The first-order valence-electron chi connectivity index (χ1n) is 11.5. The molecule has 4 atom stereocenters. The van der Waals surface area contributed by atoms with Gasteiger partial charge in [-0.15, -0.1) is 0 Å². The Kier molecular flexibility index (Phi) is 5.96. The predicted molar refractivity (Wildman–Crippen MR) is 127 cm³/mol. The van der Waals surface area contributed by atoms with Crippen LogP contribution >= 0.6 is 0 Å². The van der Waals surface area contributed by atoms with Crippen molar-refractivity contribution in [1.82, 2.24) is 4.98 Å². The summed E-state index contributed by atoms with van der Waals surface area (Å²) in [5, 5.41) is 22.5. The summed E-state index contributed by atoms with van der Waals surface area (Å²) in [5.74, 6) is -2.41. The van der Waals surface area contributed by atoms with Gasteiger partial charge in [-0.1, -0.05) is 23.4 Å². The van der Waals surface area contributed by atoms with Crippen LogP contribution in [0.5, 0.6) is 0 Å². The minimum atomic E-state index is -0.718. The summed E-state index contributed by atoms with van der Waals surface area (Å²) in [7, 11) is 0. The highest BCUT2D eigenvalue weighted by atomic mass is 19.1. The monoisotopic (exact) mass is 477 g/mol. The Bertz CT molecular complexity index is 1280. The Morgan fingerprint density at radius 1 is 1.11 bits per heavy atom. The third kappa shape index (κ3) is 4.48. The molecular formula is C27H25F2N3O3. The number of halogens is 2. The summed E-state index contributed by atoms with van der Waals surface area (Å²) in [6.45, 7) is 3.24. The minimum Gasteiger partial charge on any atom is -0.481 e.